The zero-order valence-corrected chi connectivity index (χ0v) is 65.9. The van der Waals surface area contributed by atoms with Crippen molar-refractivity contribution in [3.8, 4) is 123 Å². The molecule has 106 heavy (non-hydrogen) atoms. The van der Waals surface area contributed by atoms with Gasteiger partial charge in [0.15, 0.2) is 0 Å². The molecule has 0 amide bonds. The van der Waals surface area contributed by atoms with Crippen LogP contribution in [0.2, 0.25) is 0 Å². The SMILES string of the molecule is Cc1ccc(-c2ccc(-c3c(C)c(C(=O)O)c(-c4ccc(-c5ccc(C)s5)s4)c(C)c3C(=O)O)s2)s1.Cc1ccc(-c2ccc(-c3cc(C(=O)O)c(-c4ccc(-c5ccc(C)cc5)s4)cc3C(=O)O)s2)cc1.Cc1ccc(-c2ccc(-c3cc(C(=O)O)c(-c4ccc(-c5ccc(C)s5)s4)cc3C(=O)O)s2)s1. The van der Waals surface area contributed by atoms with Crippen molar-refractivity contribution >= 4 is 149 Å². The lowest BCUT2D eigenvalue weighted by Gasteiger charge is -2.19. The summed E-state index contributed by atoms with van der Waals surface area (Å²) in [5, 5.41) is 60.7. The van der Waals surface area contributed by atoms with E-state index in [4.69, 9.17) is 0 Å². The van der Waals surface area contributed by atoms with Crippen LogP contribution in [-0.2, 0) is 0 Å². The summed E-state index contributed by atoms with van der Waals surface area (Å²) in [6.07, 6.45) is 0. The maximum Gasteiger partial charge on any atom is 0.336 e. The van der Waals surface area contributed by atoms with Crippen LogP contribution in [0.25, 0.3) is 123 Å². The molecule has 0 fully saturated rings. The Morgan fingerprint density at radius 3 is 0.642 bits per heavy atom. The largest absolute Gasteiger partial charge is 0.478 e. The first-order chi connectivity index (χ1) is 50.7. The fourth-order valence-corrected chi connectivity index (χ4v) is 22.5. The van der Waals surface area contributed by atoms with Crippen LogP contribution < -0.4 is 0 Å². The van der Waals surface area contributed by atoms with Gasteiger partial charge in [0.05, 0.1) is 33.4 Å². The van der Waals surface area contributed by atoms with Gasteiger partial charge in [-0.25, -0.2) is 28.8 Å². The average Bonchev–Trinajstić information content (AvgIpc) is 1.40. The normalized spacial score (nSPS) is 11.1. The second-order valence-corrected chi connectivity index (χ2v) is 36.5. The van der Waals surface area contributed by atoms with Gasteiger partial charge >= 0.3 is 35.8 Å². The summed E-state index contributed by atoms with van der Waals surface area (Å²) in [6.45, 7) is 15.7. The van der Waals surface area contributed by atoms with Crippen molar-refractivity contribution in [2.75, 3.05) is 0 Å². The number of aryl methyl sites for hydroxylation is 6. The third kappa shape index (κ3) is 15.6. The number of aromatic carboxylic acids is 6. The Kier molecular flexibility index (Phi) is 21.8. The summed E-state index contributed by atoms with van der Waals surface area (Å²) < 4.78 is 0. The molecule has 530 valence electrons. The Labute approximate surface area is 649 Å². The maximum atomic E-state index is 12.6. The highest BCUT2D eigenvalue weighted by atomic mass is 32.1. The average molecular weight is 1580 g/mol. The fourth-order valence-electron chi connectivity index (χ4n) is 12.3. The number of benzene rings is 5. The molecule has 0 aliphatic rings. The van der Waals surface area contributed by atoms with Gasteiger partial charge < -0.3 is 30.6 Å². The first-order valence-corrected chi connectivity index (χ1v) is 40.9. The molecule has 0 saturated heterocycles. The van der Waals surface area contributed by atoms with Gasteiger partial charge in [0, 0.05) is 131 Å². The molecular formula is C84H62O12S10. The summed E-state index contributed by atoms with van der Waals surface area (Å²) >= 11 is 15.5. The first kappa shape index (κ1) is 74.2. The van der Waals surface area contributed by atoms with E-state index in [2.05, 4.69) is 24.3 Å². The predicted octanol–water partition coefficient (Wildman–Crippen LogP) is 26.3. The van der Waals surface area contributed by atoms with Gasteiger partial charge in [-0.05, 0) is 223 Å². The highest BCUT2D eigenvalue weighted by Crippen LogP contribution is 2.50. The monoisotopic (exact) mass is 1580 g/mol. The molecule has 12 nitrogen and oxygen atoms in total. The lowest BCUT2D eigenvalue weighted by Crippen LogP contribution is -2.12. The molecule has 0 bridgehead atoms. The van der Waals surface area contributed by atoms with Gasteiger partial charge in [0.1, 0.15) is 0 Å². The number of hydrogen-bond donors (Lipinski definition) is 6. The minimum absolute atomic E-state index is 0.0811. The lowest BCUT2D eigenvalue weighted by molar-refractivity contribution is 0.0681. The molecule has 10 heterocycles. The molecule has 0 atom stereocenters. The molecule has 0 unspecified atom stereocenters. The first-order valence-electron chi connectivity index (χ1n) is 32.7. The lowest BCUT2D eigenvalue weighted by atomic mass is 9.86. The van der Waals surface area contributed by atoms with Crippen LogP contribution >= 0.6 is 113 Å². The van der Waals surface area contributed by atoms with Crippen LogP contribution in [0.5, 0.6) is 0 Å². The van der Waals surface area contributed by atoms with Crippen LogP contribution in [-0.4, -0.2) is 66.5 Å². The molecule has 15 aromatic rings. The molecule has 10 aromatic heterocycles. The Hall–Kier alpha value is -10.1. The molecule has 0 aliphatic carbocycles. The fraction of sp³-hybridized carbons (Fsp3) is 0.0952. The topological polar surface area (TPSA) is 224 Å². The van der Waals surface area contributed by atoms with Crippen molar-refractivity contribution in [1.29, 1.82) is 0 Å². The third-order valence-corrected chi connectivity index (χ3v) is 29.0. The second-order valence-electron chi connectivity index (χ2n) is 24.8. The van der Waals surface area contributed by atoms with E-state index in [1.165, 1.54) is 112 Å². The van der Waals surface area contributed by atoms with Crippen LogP contribution in [0, 0.1) is 55.4 Å². The summed E-state index contributed by atoms with van der Waals surface area (Å²) in [6, 6.07) is 61.6. The van der Waals surface area contributed by atoms with Crippen molar-refractivity contribution < 1.29 is 59.4 Å². The van der Waals surface area contributed by atoms with Crippen LogP contribution in [0.4, 0.5) is 0 Å². The second kappa shape index (κ2) is 31.2. The van der Waals surface area contributed by atoms with Gasteiger partial charge in [0.2, 0.25) is 0 Å². The van der Waals surface area contributed by atoms with Crippen molar-refractivity contribution in [3.63, 3.8) is 0 Å². The predicted molar refractivity (Wildman–Crippen MR) is 443 cm³/mol. The van der Waals surface area contributed by atoms with Crippen molar-refractivity contribution in [2.24, 2.45) is 0 Å². The summed E-state index contributed by atoms with van der Waals surface area (Å²) in [7, 11) is 0. The van der Waals surface area contributed by atoms with Crippen LogP contribution in [0.15, 0.2) is 194 Å². The third-order valence-electron chi connectivity index (χ3n) is 17.5. The zero-order valence-electron chi connectivity index (χ0n) is 57.7. The molecule has 5 aromatic carbocycles. The Balaban J connectivity index is 0.000000141. The molecule has 0 spiro atoms. The van der Waals surface area contributed by atoms with Crippen LogP contribution in [0.3, 0.4) is 0 Å². The van der Waals surface area contributed by atoms with Crippen LogP contribution in [0.1, 0.15) is 104 Å². The van der Waals surface area contributed by atoms with E-state index in [0.29, 0.717) is 54.3 Å². The van der Waals surface area contributed by atoms with E-state index < -0.39 is 35.8 Å². The number of hydrogen-bond acceptors (Lipinski definition) is 16. The van der Waals surface area contributed by atoms with Gasteiger partial charge in [-0.3, -0.25) is 0 Å². The van der Waals surface area contributed by atoms with Gasteiger partial charge in [0.25, 0.3) is 0 Å². The Morgan fingerprint density at radius 1 is 0.217 bits per heavy atom. The molecule has 0 saturated carbocycles. The quantitative estimate of drug-likeness (QED) is 0.0472. The van der Waals surface area contributed by atoms with Crippen molar-refractivity contribution in [1.82, 2.24) is 0 Å². The van der Waals surface area contributed by atoms with Crippen molar-refractivity contribution in [2.45, 2.75) is 55.4 Å². The zero-order chi connectivity index (χ0) is 75.1. The van der Waals surface area contributed by atoms with E-state index in [9.17, 15) is 59.4 Å². The Morgan fingerprint density at radius 2 is 0.415 bits per heavy atom. The number of rotatable bonds is 18. The molecular weight excluding hydrogens is 1520 g/mol. The molecule has 15 rings (SSSR count). The maximum absolute atomic E-state index is 12.6. The number of carbonyl (C=O) groups is 6. The van der Waals surface area contributed by atoms with Gasteiger partial charge in [-0.2, -0.15) is 0 Å². The van der Waals surface area contributed by atoms with E-state index in [1.807, 2.05) is 187 Å². The molecule has 0 radical (unpaired) electrons. The molecule has 22 heteroatoms. The molecule has 6 N–H and O–H groups in total. The standard InChI is InChI=1S/C30H22O4S2.C28H22O4S4.C26H18O4S4/c1-17-3-7-19(8-4-17)25-11-13-27(35-25)21-15-24(30(33)34)22(16-23(21)29(31)32)28-14-12-26(36-28)20-9-5-18(2)6-10-20;1-13-5-7-17(33-13)19-9-11-21(35-19)23-15(3)26(28(31)32)24(16(4)25(23)27(29)30)22-12-10-20(36-22)18-8-6-14(2)34-18;1-13-3-5-21(31-13)23-9-7-19(33-23)15-11-18(26(29)30)16(12-17(15)25(27)28)20-8-10-24(34-20)22-6-4-14(2)32-22/h3-16H,1-2H3,(H,31,32)(H,33,34);5-12H,1-4H3,(H,29,30)(H,31,32);3-12H,1-2H3,(H,27,28)(H,29,30). The number of carboxylic acid groups (broad SMARTS) is 6. The summed E-state index contributed by atoms with van der Waals surface area (Å²) in [4.78, 5) is 94.0. The molecule has 0 aliphatic heterocycles. The summed E-state index contributed by atoms with van der Waals surface area (Å²) in [5.41, 5.74) is 8.60. The minimum atomic E-state index is -1.09. The van der Waals surface area contributed by atoms with E-state index in [1.54, 1.807) is 59.2 Å². The summed E-state index contributed by atoms with van der Waals surface area (Å²) in [5.74, 6) is -6.47. The number of carboxylic acids is 6. The van der Waals surface area contributed by atoms with Crippen molar-refractivity contribution in [3.05, 3.63) is 269 Å². The van der Waals surface area contributed by atoms with Gasteiger partial charge in [-0.1, -0.05) is 59.7 Å². The van der Waals surface area contributed by atoms with E-state index >= 15 is 0 Å². The Bertz CT molecular complexity index is 5560. The van der Waals surface area contributed by atoms with Gasteiger partial charge in [-0.15, -0.1) is 113 Å². The van der Waals surface area contributed by atoms with E-state index in [-0.39, 0.29) is 33.4 Å². The highest BCUT2D eigenvalue weighted by molar-refractivity contribution is 7.26. The smallest absolute Gasteiger partial charge is 0.336 e. The van der Waals surface area contributed by atoms with E-state index in [0.717, 1.165) is 90.5 Å². The minimum Gasteiger partial charge on any atom is -0.478 e. The number of thiophene rings is 10. The highest BCUT2D eigenvalue weighted by Gasteiger charge is 2.31.